The van der Waals surface area contributed by atoms with E-state index in [1.165, 1.54) is 24.3 Å². The molecule has 0 aliphatic carbocycles. The molecule has 0 saturated carbocycles. The van der Waals surface area contributed by atoms with Crippen molar-refractivity contribution in [3.63, 3.8) is 0 Å². The lowest BCUT2D eigenvalue weighted by molar-refractivity contribution is -0.385. The van der Waals surface area contributed by atoms with Crippen molar-refractivity contribution in [2.24, 2.45) is 0 Å². The summed E-state index contributed by atoms with van der Waals surface area (Å²) in [4.78, 5) is 33.8. The van der Waals surface area contributed by atoms with E-state index in [-0.39, 0.29) is 17.8 Å². The van der Waals surface area contributed by atoms with Crippen molar-refractivity contribution in [3.05, 3.63) is 75.8 Å². The van der Waals surface area contributed by atoms with Gasteiger partial charge in [-0.25, -0.2) is 4.79 Å². The van der Waals surface area contributed by atoms with Gasteiger partial charge in [0, 0.05) is 18.7 Å². The third-order valence-electron chi connectivity index (χ3n) is 3.50. The molecule has 0 heterocycles. The van der Waals surface area contributed by atoms with Gasteiger partial charge in [0.15, 0.2) is 6.61 Å². The molecule has 2 aromatic rings. The summed E-state index contributed by atoms with van der Waals surface area (Å²) >= 11 is 0. The van der Waals surface area contributed by atoms with Crippen molar-refractivity contribution in [2.75, 3.05) is 13.7 Å². The highest BCUT2D eigenvalue weighted by Crippen LogP contribution is 2.18. The van der Waals surface area contributed by atoms with Crippen LogP contribution in [0.4, 0.5) is 5.69 Å². The maximum Gasteiger partial charge on any atom is 0.331 e. The molecule has 0 unspecified atom stereocenters. The van der Waals surface area contributed by atoms with E-state index in [9.17, 15) is 19.7 Å². The second-order valence-electron chi connectivity index (χ2n) is 5.39. The first-order chi connectivity index (χ1) is 13.0. The molecule has 1 amide bonds. The number of nitrogens with one attached hydrogen (secondary N) is 1. The zero-order valence-corrected chi connectivity index (χ0v) is 14.6. The Balaban J connectivity index is 1.81. The predicted octanol–water partition coefficient (Wildman–Crippen LogP) is 2.48. The topological polar surface area (TPSA) is 108 Å². The van der Waals surface area contributed by atoms with Crippen molar-refractivity contribution in [2.45, 2.75) is 6.54 Å². The second-order valence-corrected chi connectivity index (χ2v) is 5.39. The number of carbonyl (C=O) groups is 2. The number of rotatable bonds is 8. The van der Waals surface area contributed by atoms with Gasteiger partial charge in [-0.1, -0.05) is 24.3 Å². The summed E-state index contributed by atoms with van der Waals surface area (Å²) in [6.07, 6.45) is 2.31. The molecule has 0 aliphatic heterocycles. The first-order valence-electron chi connectivity index (χ1n) is 7.97. The first kappa shape index (κ1) is 19.6. The van der Waals surface area contributed by atoms with Crippen molar-refractivity contribution < 1.29 is 24.0 Å². The van der Waals surface area contributed by atoms with Crippen LogP contribution in [0, 0.1) is 10.1 Å². The number of nitro groups is 1. The van der Waals surface area contributed by atoms with Gasteiger partial charge in [-0.2, -0.15) is 0 Å². The molecule has 0 fully saturated rings. The van der Waals surface area contributed by atoms with E-state index in [0.29, 0.717) is 5.75 Å². The molecule has 8 nitrogen and oxygen atoms in total. The zero-order valence-electron chi connectivity index (χ0n) is 14.6. The molecule has 0 saturated heterocycles. The Hall–Kier alpha value is -3.68. The third kappa shape index (κ3) is 6.28. The average molecular weight is 370 g/mol. The molecule has 1 N–H and O–H groups in total. The van der Waals surface area contributed by atoms with Crippen LogP contribution >= 0.6 is 0 Å². The van der Waals surface area contributed by atoms with E-state index in [1.807, 2.05) is 6.07 Å². The smallest absolute Gasteiger partial charge is 0.331 e. The van der Waals surface area contributed by atoms with Gasteiger partial charge in [-0.15, -0.1) is 0 Å². The summed E-state index contributed by atoms with van der Waals surface area (Å²) < 4.78 is 9.92. The minimum Gasteiger partial charge on any atom is -0.497 e. The summed E-state index contributed by atoms with van der Waals surface area (Å²) in [6.45, 7) is -0.191. The number of amides is 1. The van der Waals surface area contributed by atoms with Crippen LogP contribution in [0.15, 0.2) is 54.6 Å². The Morgan fingerprint density at radius 2 is 1.96 bits per heavy atom. The first-order valence-corrected chi connectivity index (χ1v) is 7.97. The molecule has 0 bridgehead atoms. The quantitative estimate of drug-likeness (QED) is 0.331. The van der Waals surface area contributed by atoms with E-state index < -0.39 is 23.4 Å². The van der Waals surface area contributed by atoms with E-state index in [1.54, 1.807) is 31.4 Å². The minimum absolute atomic E-state index is 0.127. The number of para-hydroxylation sites is 1. The van der Waals surface area contributed by atoms with Gasteiger partial charge in [0.1, 0.15) is 5.75 Å². The van der Waals surface area contributed by atoms with Crippen LogP contribution in [0.3, 0.4) is 0 Å². The van der Waals surface area contributed by atoms with Crippen molar-refractivity contribution >= 4 is 23.6 Å². The summed E-state index contributed by atoms with van der Waals surface area (Å²) in [5.74, 6) is -0.566. The van der Waals surface area contributed by atoms with E-state index >= 15 is 0 Å². The van der Waals surface area contributed by atoms with Gasteiger partial charge in [0.2, 0.25) is 0 Å². The maximum absolute atomic E-state index is 11.8. The average Bonchev–Trinajstić information content (AvgIpc) is 2.69. The van der Waals surface area contributed by atoms with Gasteiger partial charge >= 0.3 is 5.97 Å². The molecule has 8 heteroatoms. The lowest BCUT2D eigenvalue weighted by Gasteiger charge is -2.07. The number of hydrogen-bond donors (Lipinski definition) is 1. The molecular formula is C19H18N2O6. The molecule has 0 spiro atoms. The largest absolute Gasteiger partial charge is 0.497 e. The van der Waals surface area contributed by atoms with Crippen LogP contribution in [-0.4, -0.2) is 30.5 Å². The van der Waals surface area contributed by atoms with E-state index in [2.05, 4.69) is 5.32 Å². The fourth-order valence-corrected chi connectivity index (χ4v) is 2.17. The number of nitrogens with zero attached hydrogens (tertiary/aromatic N) is 1. The molecule has 0 radical (unpaired) electrons. The Morgan fingerprint density at radius 1 is 1.19 bits per heavy atom. The van der Waals surface area contributed by atoms with Crippen molar-refractivity contribution in [3.8, 4) is 5.75 Å². The molecular weight excluding hydrogens is 352 g/mol. The van der Waals surface area contributed by atoms with E-state index in [4.69, 9.17) is 9.47 Å². The van der Waals surface area contributed by atoms with Gasteiger partial charge in [-0.3, -0.25) is 14.9 Å². The Kier molecular flexibility index (Phi) is 7.07. The lowest BCUT2D eigenvalue weighted by Crippen LogP contribution is -2.28. The number of esters is 1. The van der Waals surface area contributed by atoms with Crippen LogP contribution in [0.1, 0.15) is 11.1 Å². The van der Waals surface area contributed by atoms with Gasteiger partial charge in [0.05, 0.1) is 17.6 Å². The molecule has 0 aliphatic rings. The number of hydrogen-bond acceptors (Lipinski definition) is 6. The molecule has 2 rings (SSSR count). The monoisotopic (exact) mass is 370 g/mol. The predicted molar refractivity (Wildman–Crippen MR) is 97.9 cm³/mol. The number of benzene rings is 2. The highest BCUT2D eigenvalue weighted by molar-refractivity contribution is 5.89. The summed E-state index contributed by atoms with van der Waals surface area (Å²) in [5.41, 5.74) is 0.977. The minimum atomic E-state index is -0.773. The Morgan fingerprint density at radius 3 is 2.70 bits per heavy atom. The van der Waals surface area contributed by atoms with Crippen LogP contribution in [0.5, 0.6) is 5.75 Å². The van der Waals surface area contributed by atoms with Crippen LogP contribution in [0.2, 0.25) is 0 Å². The molecule has 27 heavy (non-hydrogen) atoms. The van der Waals surface area contributed by atoms with Crippen molar-refractivity contribution in [1.29, 1.82) is 0 Å². The molecule has 140 valence electrons. The fraction of sp³-hybridized carbons (Fsp3) is 0.158. The Labute approximate surface area is 155 Å². The molecule has 2 aromatic carbocycles. The third-order valence-corrected chi connectivity index (χ3v) is 3.50. The van der Waals surface area contributed by atoms with Crippen LogP contribution < -0.4 is 10.1 Å². The Bertz CT molecular complexity index is 863. The van der Waals surface area contributed by atoms with Gasteiger partial charge in [0.25, 0.3) is 11.6 Å². The SMILES string of the molecule is COc1cccc(CNC(=O)COC(=O)/C=C/c2ccccc2[N+](=O)[O-])c1. The van der Waals surface area contributed by atoms with Crippen LogP contribution in [-0.2, 0) is 20.9 Å². The summed E-state index contributed by atoms with van der Waals surface area (Å²) in [7, 11) is 1.55. The van der Waals surface area contributed by atoms with Gasteiger partial charge < -0.3 is 14.8 Å². The number of ether oxygens (including phenoxy) is 2. The maximum atomic E-state index is 11.8. The number of nitro benzene ring substituents is 1. The standard InChI is InChI=1S/C19H18N2O6/c1-26-16-7-4-5-14(11-16)12-20-18(22)13-27-19(23)10-9-15-6-2-3-8-17(15)21(24)25/h2-11H,12-13H2,1H3,(H,20,22)/b10-9+. The number of carbonyl (C=O) groups excluding carboxylic acids is 2. The molecule has 0 aromatic heterocycles. The lowest BCUT2D eigenvalue weighted by atomic mass is 10.1. The second kappa shape index (κ2) is 9.71. The highest BCUT2D eigenvalue weighted by atomic mass is 16.6. The highest BCUT2D eigenvalue weighted by Gasteiger charge is 2.10. The normalized spacial score (nSPS) is 10.4. The van der Waals surface area contributed by atoms with Gasteiger partial charge in [-0.05, 0) is 29.8 Å². The zero-order chi connectivity index (χ0) is 19.6. The van der Waals surface area contributed by atoms with Crippen LogP contribution in [0.25, 0.3) is 6.08 Å². The van der Waals surface area contributed by atoms with E-state index in [0.717, 1.165) is 11.6 Å². The molecule has 0 atom stereocenters. The number of methoxy groups -OCH3 is 1. The fourth-order valence-electron chi connectivity index (χ4n) is 2.17. The summed E-state index contributed by atoms with van der Waals surface area (Å²) in [6, 6.07) is 13.2. The summed E-state index contributed by atoms with van der Waals surface area (Å²) in [5, 5.41) is 13.5. The van der Waals surface area contributed by atoms with Crippen molar-refractivity contribution in [1.82, 2.24) is 5.32 Å².